The van der Waals surface area contributed by atoms with E-state index >= 15 is 0 Å². The summed E-state index contributed by atoms with van der Waals surface area (Å²) in [6.45, 7) is 0. The standard InChI is InChI=1S/C15H14N4OS/c1-19(2)11-8-6-10(7-9-11)16-15(20)12-4-3-5-13-14(12)18-21-17-13/h3-9H,1-2H3,(H,16,20). The summed E-state index contributed by atoms with van der Waals surface area (Å²) in [5, 5.41) is 2.89. The van der Waals surface area contributed by atoms with Crippen LogP contribution in [0.25, 0.3) is 11.0 Å². The van der Waals surface area contributed by atoms with Crippen LogP contribution in [0.3, 0.4) is 0 Å². The second-order valence-electron chi connectivity index (χ2n) is 4.83. The van der Waals surface area contributed by atoms with Crippen LogP contribution in [-0.4, -0.2) is 28.7 Å². The Kier molecular flexibility index (Phi) is 3.53. The molecule has 0 aliphatic rings. The molecule has 0 unspecified atom stereocenters. The van der Waals surface area contributed by atoms with Crippen LogP contribution < -0.4 is 10.2 Å². The van der Waals surface area contributed by atoms with E-state index in [1.54, 1.807) is 6.07 Å². The van der Waals surface area contributed by atoms with Crippen LogP contribution >= 0.6 is 11.7 Å². The lowest BCUT2D eigenvalue weighted by Crippen LogP contribution is -2.13. The maximum absolute atomic E-state index is 12.4. The summed E-state index contributed by atoms with van der Waals surface area (Å²) in [7, 11) is 3.95. The Morgan fingerprint density at radius 3 is 2.57 bits per heavy atom. The molecule has 21 heavy (non-hydrogen) atoms. The van der Waals surface area contributed by atoms with Crippen LogP contribution in [0.4, 0.5) is 11.4 Å². The number of nitrogens with one attached hydrogen (secondary N) is 1. The Balaban J connectivity index is 1.84. The molecule has 3 rings (SSSR count). The number of carbonyl (C=O) groups excluding carboxylic acids is 1. The number of benzene rings is 2. The fourth-order valence-electron chi connectivity index (χ4n) is 2.03. The van der Waals surface area contributed by atoms with Gasteiger partial charge in [0.1, 0.15) is 11.0 Å². The first-order chi connectivity index (χ1) is 10.1. The van der Waals surface area contributed by atoms with Gasteiger partial charge in [-0.2, -0.15) is 8.75 Å². The van der Waals surface area contributed by atoms with Gasteiger partial charge in [0.25, 0.3) is 5.91 Å². The van der Waals surface area contributed by atoms with Crippen molar-refractivity contribution in [2.45, 2.75) is 0 Å². The molecule has 1 amide bonds. The number of hydrogen-bond acceptors (Lipinski definition) is 5. The second-order valence-corrected chi connectivity index (χ2v) is 5.36. The first-order valence-electron chi connectivity index (χ1n) is 6.45. The highest BCUT2D eigenvalue weighted by Gasteiger charge is 2.12. The molecule has 3 aromatic rings. The zero-order valence-corrected chi connectivity index (χ0v) is 12.5. The van der Waals surface area contributed by atoms with Crippen LogP contribution in [0.15, 0.2) is 42.5 Å². The van der Waals surface area contributed by atoms with Crippen molar-refractivity contribution in [2.75, 3.05) is 24.3 Å². The maximum Gasteiger partial charge on any atom is 0.257 e. The molecule has 106 valence electrons. The molecular weight excluding hydrogens is 284 g/mol. The predicted molar refractivity (Wildman–Crippen MR) is 86.1 cm³/mol. The van der Waals surface area contributed by atoms with E-state index in [2.05, 4.69) is 14.1 Å². The van der Waals surface area contributed by atoms with E-state index in [0.29, 0.717) is 11.1 Å². The zero-order valence-electron chi connectivity index (χ0n) is 11.7. The highest BCUT2D eigenvalue weighted by atomic mass is 32.1. The molecule has 0 aliphatic carbocycles. The van der Waals surface area contributed by atoms with Crippen molar-refractivity contribution >= 4 is 40.0 Å². The van der Waals surface area contributed by atoms with Crippen molar-refractivity contribution in [1.82, 2.24) is 8.75 Å². The molecule has 0 bridgehead atoms. The lowest BCUT2D eigenvalue weighted by Gasteiger charge is -2.13. The molecule has 5 nitrogen and oxygen atoms in total. The zero-order chi connectivity index (χ0) is 14.8. The summed E-state index contributed by atoms with van der Waals surface area (Å²) in [5.41, 5.74) is 3.77. The van der Waals surface area contributed by atoms with Gasteiger partial charge in [-0.25, -0.2) is 0 Å². The molecule has 1 heterocycles. The number of nitrogens with zero attached hydrogens (tertiary/aromatic N) is 3. The molecule has 0 radical (unpaired) electrons. The van der Waals surface area contributed by atoms with Gasteiger partial charge >= 0.3 is 0 Å². The highest BCUT2D eigenvalue weighted by molar-refractivity contribution is 7.00. The van der Waals surface area contributed by atoms with Gasteiger partial charge in [0, 0.05) is 25.5 Å². The molecule has 0 aliphatic heterocycles. The third-order valence-electron chi connectivity index (χ3n) is 3.17. The summed E-state index contributed by atoms with van der Waals surface area (Å²) >= 11 is 1.11. The maximum atomic E-state index is 12.4. The molecule has 2 aromatic carbocycles. The Bertz CT molecular complexity index is 780. The van der Waals surface area contributed by atoms with Gasteiger partial charge < -0.3 is 10.2 Å². The van der Waals surface area contributed by atoms with E-state index in [-0.39, 0.29) is 5.91 Å². The van der Waals surface area contributed by atoms with Crippen molar-refractivity contribution in [1.29, 1.82) is 0 Å². The Labute approximate surface area is 126 Å². The van der Waals surface area contributed by atoms with E-state index in [4.69, 9.17) is 0 Å². The fraction of sp³-hybridized carbons (Fsp3) is 0.133. The van der Waals surface area contributed by atoms with Gasteiger partial charge in [0.05, 0.1) is 17.3 Å². The largest absolute Gasteiger partial charge is 0.378 e. The molecule has 1 N–H and O–H groups in total. The van der Waals surface area contributed by atoms with E-state index < -0.39 is 0 Å². The molecule has 0 spiro atoms. The molecule has 6 heteroatoms. The lowest BCUT2D eigenvalue weighted by atomic mass is 10.1. The average Bonchev–Trinajstić information content (AvgIpc) is 2.96. The molecule has 0 saturated heterocycles. The minimum atomic E-state index is -0.175. The van der Waals surface area contributed by atoms with Crippen LogP contribution in [0.5, 0.6) is 0 Å². The third-order valence-corrected chi connectivity index (χ3v) is 3.71. The van der Waals surface area contributed by atoms with Crippen LogP contribution in [0.2, 0.25) is 0 Å². The van der Waals surface area contributed by atoms with Gasteiger partial charge in [0.2, 0.25) is 0 Å². The molecule has 1 aromatic heterocycles. The van der Waals surface area contributed by atoms with Gasteiger partial charge in [-0.15, -0.1) is 0 Å². The molecular formula is C15H14N4OS. The first-order valence-corrected chi connectivity index (χ1v) is 7.18. The van der Waals surface area contributed by atoms with Crippen LogP contribution in [0.1, 0.15) is 10.4 Å². The molecule has 0 fully saturated rings. The number of carbonyl (C=O) groups is 1. The summed E-state index contributed by atoms with van der Waals surface area (Å²) in [5.74, 6) is -0.175. The molecule has 0 atom stereocenters. The number of hydrogen-bond donors (Lipinski definition) is 1. The van der Waals surface area contributed by atoms with Gasteiger partial charge in [-0.1, -0.05) is 6.07 Å². The highest BCUT2D eigenvalue weighted by Crippen LogP contribution is 2.19. The topological polar surface area (TPSA) is 58.1 Å². The Hall–Kier alpha value is -2.47. The Morgan fingerprint density at radius 1 is 1.10 bits per heavy atom. The van der Waals surface area contributed by atoms with Crippen molar-refractivity contribution in [3.63, 3.8) is 0 Å². The molecule has 0 saturated carbocycles. The fourth-order valence-corrected chi connectivity index (χ4v) is 2.58. The third kappa shape index (κ3) is 2.71. The number of anilines is 2. The SMILES string of the molecule is CN(C)c1ccc(NC(=O)c2cccc3nsnc23)cc1. The van der Waals surface area contributed by atoms with E-state index in [9.17, 15) is 4.79 Å². The van der Waals surface area contributed by atoms with Crippen LogP contribution in [-0.2, 0) is 0 Å². The van der Waals surface area contributed by atoms with E-state index in [0.717, 1.165) is 28.6 Å². The van der Waals surface area contributed by atoms with E-state index in [1.165, 1.54) is 0 Å². The van der Waals surface area contributed by atoms with Crippen molar-refractivity contribution in [2.24, 2.45) is 0 Å². The number of fused-ring (bicyclic) bond motifs is 1. The Morgan fingerprint density at radius 2 is 1.86 bits per heavy atom. The number of aromatic nitrogens is 2. The first kappa shape index (κ1) is 13.5. The van der Waals surface area contributed by atoms with Crippen molar-refractivity contribution in [3.05, 3.63) is 48.0 Å². The lowest BCUT2D eigenvalue weighted by molar-refractivity contribution is 0.102. The van der Waals surface area contributed by atoms with Crippen molar-refractivity contribution < 1.29 is 4.79 Å². The average molecular weight is 298 g/mol. The summed E-state index contributed by atoms with van der Waals surface area (Å²) in [4.78, 5) is 14.4. The van der Waals surface area contributed by atoms with E-state index in [1.807, 2.05) is 55.4 Å². The normalized spacial score (nSPS) is 10.6. The predicted octanol–water partition coefficient (Wildman–Crippen LogP) is 3.01. The van der Waals surface area contributed by atoms with Crippen LogP contribution in [0, 0.1) is 0 Å². The van der Waals surface area contributed by atoms with Gasteiger partial charge in [0.15, 0.2) is 0 Å². The monoisotopic (exact) mass is 298 g/mol. The summed E-state index contributed by atoms with van der Waals surface area (Å²) in [6, 6.07) is 13.1. The number of amides is 1. The van der Waals surface area contributed by atoms with Gasteiger partial charge in [-0.3, -0.25) is 4.79 Å². The van der Waals surface area contributed by atoms with Crippen molar-refractivity contribution in [3.8, 4) is 0 Å². The van der Waals surface area contributed by atoms with Gasteiger partial charge in [-0.05, 0) is 36.4 Å². The minimum Gasteiger partial charge on any atom is -0.378 e. The number of rotatable bonds is 3. The minimum absolute atomic E-state index is 0.175. The smallest absolute Gasteiger partial charge is 0.257 e. The summed E-state index contributed by atoms with van der Waals surface area (Å²) < 4.78 is 8.33. The summed E-state index contributed by atoms with van der Waals surface area (Å²) in [6.07, 6.45) is 0. The second kappa shape index (κ2) is 5.49. The quantitative estimate of drug-likeness (QED) is 0.807.